The van der Waals surface area contributed by atoms with Gasteiger partial charge in [-0.2, -0.15) is 5.26 Å². The van der Waals surface area contributed by atoms with Gasteiger partial charge in [-0.25, -0.2) is 4.39 Å². The number of hydrogen-bond donors (Lipinski definition) is 1. The number of carbonyl (C=O) groups is 1. The zero-order chi connectivity index (χ0) is 28.7. The van der Waals surface area contributed by atoms with Gasteiger partial charge in [0.05, 0.1) is 23.2 Å². The molecule has 3 aromatic rings. The number of ketones is 1. The number of nitrogens with two attached hydrogens (primary N) is 1. The van der Waals surface area contributed by atoms with E-state index in [9.17, 15) is 10.1 Å². The highest BCUT2D eigenvalue weighted by atomic mass is 79.9. The highest BCUT2D eigenvalue weighted by Gasteiger charge is 2.41. The number of allylic oxidation sites excluding steroid dienone is 3. The van der Waals surface area contributed by atoms with E-state index in [2.05, 4.69) is 22.0 Å². The number of nitrogens with zero attached hydrogens (tertiary/aromatic N) is 2. The molecule has 1 heterocycles. The van der Waals surface area contributed by atoms with E-state index < -0.39 is 11.7 Å². The molecule has 1 atom stereocenters. The summed E-state index contributed by atoms with van der Waals surface area (Å²) >= 11 is 9.40. The minimum Gasteiger partial charge on any atom is -0.489 e. The van der Waals surface area contributed by atoms with Crippen molar-refractivity contribution in [3.8, 4) is 11.8 Å². The fraction of sp³-hybridized carbons (Fsp3) is 0.250. The van der Waals surface area contributed by atoms with Crippen molar-refractivity contribution in [2.45, 2.75) is 52.6 Å². The summed E-state index contributed by atoms with van der Waals surface area (Å²) in [7, 11) is 0. The zero-order valence-electron chi connectivity index (χ0n) is 22.4. The average molecular weight is 621 g/mol. The second kappa shape index (κ2) is 11.1. The number of rotatable bonds is 5. The van der Waals surface area contributed by atoms with Gasteiger partial charge in [0.1, 0.15) is 24.0 Å². The molecule has 8 heteroatoms. The molecule has 2 aliphatic rings. The number of aryl methyl sites for hydroxylation is 3. The van der Waals surface area contributed by atoms with Gasteiger partial charge in [-0.3, -0.25) is 9.69 Å². The van der Waals surface area contributed by atoms with Gasteiger partial charge in [0.15, 0.2) is 5.78 Å². The van der Waals surface area contributed by atoms with Gasteiger partial charge in [-0.05, 0) is 97.8 Å². The summed E-state index contributed by atoms with van der Waals surface area (Å²) in [6.45, 7) is 6.21. The van der Waals surface area contributed by atoms with Crippen LogP contribution >= 0.6 is 27.5 Å². The lowest BCUT2D eigenvalue weighted by atomic mass is 9.74. The van der Waals surface area contributed by atoms with Crippen molar-refractivity contribution in [3.05, 3.63) is 114 Å². The molecule has 0 amide bonds. The van der Waals surface area contributed by atoms with Gasteiger partial charge < -0.3 is 10.5 Å². The van der Waals surface area contributed by atoms with Gasteiger partial charge in [-0.15, -0.1) is 0 Å². The number of nitriles is 1. The van der Waals surface area contributed by atoms with Crippen molar-refractivity contribution in [1.29, 1.82) is 5.26 Å². The lowest BCUT2D eigenvalue weighted by Gasteiger charge is -2.40. The lowest BCUT2D eigenvalue weighted by Crippen LogP contribution is -2.39. The molecule has 5 rings (SSSR count). The molecule has 0 saturated heterocycles. The molecule has 5 nitrogen and oxygen atoms in total. The van der Waals surface area contributed by atoms with E-state index in [1.165, 1.54) is 6.07 Å². The largest absolute Gasteiger partial charge is 0.489 e. The number of benzene rings is 3. The van der Waals surface area contributed by atoms with Gasteiger partial charge in [0.2, 0.25) is 0 Å². The van der Waals surface area contributed by atoms with Crippen molar-refractivity contribution < 1.29 is 13.9 Å². The highest BCUT2D eigenvalue weighted by molar-refractivity contribution is 9.10. The number of anilines is 1. The van der Waals surface area contributed by atoms with E-state index in [0.717, 1.165) is 33.6 Å². The first kappa shape index (κ1) is 27.9. The molecule has 0 saturated carbocycles. The summed E-state index contributed by atoms with van der Waals surface area (Å²) in [5, 5.41) is 11.0. The van der Waals surface area contributed by atoms with Crippen LogP contribution in [0.4, 0.5) is 10.1 Å². The molecule has 0 fully saturated rings. The summed E-state index contributed by atoms with van der Waals surface area (Å²) in [5.41, 5.74) is 12.9. The Balaban J connectivity index is 1.63. The predicted octanol–water partition coefficient (Wildman–Crippen LogP) is 8.05. The van der Waals surface area contributed by atoms with Gasteiger partial charge in [0, 0.05) is 27.2 Å². The Morgan fingerprint density at radius 2 is 1.88 bits per heavy atom. The first-order chi connectivity index (χ1) is 19.1. The minimum atomic E-state index is -0.654. The van der Waals surface area contributed by atoms with Crippen LogP contribution in [-0.4, -0.2) is 5.78 Å². The van der Waals surface area contributed by atoms with E-state index in [0.29, 0.717) is 46.6 Å². The first-order valence-electron chi connectivity index (χ1n) is 13.0. The van der Waals surface area contributed by atoms with Crippen LogP contribution in [0, 0.1) is 37.9 Å². The topological polar surface area (TPSA) is 79.4 Å². The van der Waals surface area contributed by atoms with E-state index >= 15 is 4.39 Å². The molecule has 204 valence electrons. The van der Waals surface area contributed by atoms with Crippen LogP contribution in [0.1, 0.15) is 53.0 Å². The summed E-state index contributed by atoms with van der Waals surface area (Å²) in [5.74, 6) is -0.342. The SMILES string of the molecule is Cc1cc(C)c(C2C(C#N)=C(N)N(c3ccc(Br)cc3F)C3=C2C(=O)CCC3)cc1COc1ccc(Cl)cc1C. The molecule has 2 N–H and O–H groups in total. The van der Waals surface area contributed by atoms with Gasteiger partial charge in [0.25, 0.3) is 0 Å². The monoisotopic (exact) mass is 619 g/mol. The maximum absolute atomic E-state index is 15.2. The fourth-order valence-corrected chi connectivity index (χ4v) is 6.21. The van der Waals surface area contributed by atoms with Gasteiger partial charge >= 0.3 is 0 Å². The fourth-order valence-electron chi connectivity index (χ4n) is 5.65. The molecule has 40 heavy (non-hydrogen) atoms. The third-order valence-electron chi connectivity index (χ3n) is 7.62. The van der Waals surface area contributed by atoms with Crippen LogP contribution in [0.3, 0.4) is 0 Å². The number of ether oxygens (including phenoxy) is 1. The van der Waals surface area contributed by atoms with Crippen LogP contribution in [0.15, 0.2) is 75.7 Å². The Hall–Kier alpha value is -3.60. The number of halogens is 3. The quantitative estimate of drug-likeness (QED) is 0.312. The Labute approximate surface area is 246 Å². The van der Waals surface area contributed by atoms with E-state index in [1.807, 2.05) is 45.0 Å². The number of carbonyl (C=O) groups excluding carboxylic acids is 1. The second-order valence-electron chi connectivity index (χ2n) is 10.2. The normalized spacial score (nSPS) is 17.2. The Morgan fingerprint density at radius 3 is 2.58 bits per heavy atom. The van der Waals surface area contributed by atoms with Crippen molar-refractivity contribution in [2.24, 2.45) is 5.73 Å². The molecule has 3 aromatic carbocycles. The van der Waals surface area contributed by atoms with Crippen LogP contribution < -0.4 is 15.4 Å². The maximum atomic E-state index is 15.2. The van der Waals surface area contributed by atoms with Crippen molar-refractivity contribution in [1.82, 2.24) is 0 Å². The summed E-state index contributed by atoms with van der Waals surface area (Å²) < 4.78 is 21.9. The molecule has 0 radical (unpaired) electrons. The molecule has 0 spiro atoms. The molecule has 1 unspecified atom stereocenters. The second-order valence-corrected chi connectivity index (χ2v) is 11.6. The molecular formula is C32H28BrClFN3O2. The van der Waals surface area contributed by atoms with Crippen molar-refractivity contribution in [3.63, 3.8) is 0 Å². The average Bonchev–Trinajstić information content (AvgIpc) is 2.89. The van der Waals surface area contributed by atoms with Crippen LogP contribution in [0.2, 0.25) is 5.02 Å². The lowest BCUT2D eigenvalue weighted by molar-refractivity contribution is -0.116. The smallest absolute Gasteiger partial charge is 0.161 e. The summed E-state index contributed by atoms with van der Waals surface area (Å²) in [4.78, 5) is 15.1. The Kier molecular flexibility index (Phi) is 7.76. The standard InChI is InChI=1S/C32H28BrClFN3O2/c1-17-11-18(2)23(13-20(17)16-40-29-10-8-22(34)12-19(29)3)30-24(15-36)32(37)38(26-9-7-21(33)14-25(26)35)27-5-4-6-28(39)31(27)30/h7-14,30H,4-6,16,37H2,1-3H3. The molecular weight excluding hydrogens is 593 g/mol. The highest BCUT2D eigenvalue weighted by Crippen LogP contribution is 2.47. The first-order valence-corrected chi connectivity index (χ1v) is 14.2. The van der Waals surface area contributed by atoms with Crippen molar-refractivity contribution >= 4 is 39.0 Å². The van der Waals surface area contributed by atoms with Crippen LogP contribution in [0.5, 0.6) is 5.75 Å². The Bertz CT molecular complexity index is 1660. The molecule has 0 aromatic heterocycles. The van der Waals surface area contributed by atoms with Crippen LogP contribution in [0.25, 0.3) is 0 Å². The molecule has 1 aliphatic heterocycles. The summed E-state index contributed by atoms with van der Waals surface area (Å²) in [6.07, 6.45) is 1.53. The molecule has 1 aliphatic carbocycles. The van der Waals surface area contributed by atoms with E-state index in [-0.39, 0.29) is 22.9 Å². The zero-order valence-corrected chi connectivity index (χ0v) is 24.8. The van der Waals surface area contributed by atoms with E-state index in [4.69, 9.17) is 22.1 Å². The van der Waals surface area contributed by atoms with Gasteiger partial charge in [-0.1, -0.05) is 39.7 Å². The number of hydrogen-bond acceptors (Lipinski definition) is 5. The Morgan fingerprint density at radius 1 is 1.10 bits per heavy atom. The maximum Gasteiger partial charge on any atom is 0.161 e. The van der Waals surface area contributed by atoms with Crippen molar-refractivity contribution in [2.75, 3.05) is 4.90 Å². The third kappa shape index (κ3) is 5.02. The van der Waals surface area contributed by atoms with E-state index in [1.54, 1.807) is 23.1 Å². The third-order valence-corrected chi connectivity index (χ3v) is 8.35. The molecule has 0 bridgehead atoms. The number of Topliss-reactive ketones (excluding diaryl/α,β-unsaturated/α-hetero) is 1. The van der Waals surface area contributed by atoms with Crippen LogP contribution in [-0.2, 0) is 11.4 Å². The predicted molar refractivity (Wildman–Crippen MR) is 158 cm³/mol. The minimum absolute atomic E-state index is 0.0522. The summed E-state index contributed by atoms with van der Waals surface area (Å²) in [6, 6.07) is 16.5.